The summed E-state index contributed by atoms with van der Waals surface area (Å²) in [6.45, 7) is 8.31. The largest absolute Gasteiger partial charge is 0.258 e. The third kappa shape index (κ3) is 20.9. The molecule has 0 spiro atoms. The minimum atomic E-state index is 0.00000168. The van der Waals surface area contributed by atoms with E-state index < -0.39 is 0 Å². The maximum absolute atomic E-state index is 3.84. The average Bonchev–Trinajstić information content (AvgIpc) is 3.69. The Hall–Kier alpha value is -2.35. The minimum absolute atomic E-state index is 0.00000168. The van der Waals surface area contributed by atoms with Gasteiger partial charge in [0.05, 0.1) is 12.5 Å². The number of rotatable bonds is 38. The van der Waals surface area contributed by atoms with E-state index in [4.69, 9.17) is 0 Å². The first-order valence-electron chi connectivity index (χ1n) is 24.8. The van der Waals surface area contributed by atoms with Crippen LogP contribution in [0.15, 0.2) is 73.1 Å². The van der Waals surface area contributed by atoms with Gasteiger partial charge in [-0.25, -0.2) is 9.55 Å². The van der Waals surface area contributed by atoms with E-state index in [0.717, 1.165) is 13.0 Å². The fourth-order valence-electron chi connectivity index (χ4n) is 9.44. The van der Waals surface area contributed by atoms with Crippen LogP contribution in [0.25, 0.3) is 0 Å². The van der Waals surface area contributed by atoms with Gasteiger partial charge in [-0.1, -0.05) is 268 Å². The SMILES string of the molecule is CCCCCCCCCCCCCCCCCCC[n+]1cc[nH]c1C(CCCCCCCCCCCCCCCC)C(C)(Cc1ccccc1)c1ccccc1. The highest BCUT2D eigenvalue weighted by Gasteiger charge is 2.42. The van der Waals surface area contributed by atoms with Crippen LogP contribution in [0.5, 0.6) is 0 Å². The number of H-pyrrole nitrogens is 1. The minimum Gasteiger partial charge on any atom is -0.247 e. The topological polar surface area (TPSA) is 19.7 Å². The van der Waals surface area contributed by atoms with Crippen molar-refractivity contribution in [2.45, 2.75) is 251 Å². The van der Waals surface area contributed by atoms with Crippen LogP contribution in [0.2, 0.25) is 0 Å². The van der Waals surface area contributed by atoms with Gasteiger partial charge in [0.15, 0.2) is 0 Å². The van der Waals surface area contributed by atoms with Gasteiger partial charge in [-0.15, -0.1) is 0 Å². The van der Waals surface area contributed by atoms with Crippen molar-refractivity contribution in [3.8, 4) is 0 Å². The van der Waals surface area contributed by atoms with Crippen molar-refractivity contribution in [2.24, 2.45) is 0 Å². The molecule has 0 amide bonds. The molecule has 2 heteroatoms. The summed E-state index contributed by atoms with van der Waals surface area (Å²) in [6, 6.07) is 22.7. The van der Waals surface area contributed by atoms with E-state index in [1.54, 1.807) is 0 Å². The molecule has 3 rings (SSSR count). The Balaban J connectivity index is 1.45. The summed E-state index contributed by atoms with van der Waals surface area (Å²) in [5.74, 6) is 1.88. The Kier molecular flexibility index (Phi) is 27.9. The Morgan fingerprint density at radius 1 is 0.464 bits per heavy atom. The Morgan fingerprint density at radius 3 is 1.27 bits per heavy atom. The smallest absolute Gasteiger partial charge is 0.247 e. The molecule has 2 nitrogen and oxygen atoms in total. The first kappa shape index (κ1) is 48.0. The molecule has 1 N–H and O–H groups in total. The molecule has 2 atom stereocenters. The number of hydrogen-bond acceptors (Lipinski definition) is 0. The normalized spacial score (nSPS) is 13.3. The molecule has 3 aromatic rings. The quantitative estimate of drug-likeness (QED) is 0.0443. The van der Waals surface area contributed by atoms with Crippen molar-refractivity contribution in [1.29, 1.82) is 0 Å². The van der Waals surface area contributed by atoms with Gasteiger partial charge in [-0.05, 0) is 36.8 Å². The molecule has 0 saturated carbocycles. The van der Waals surface area contributed by atoms with E-state index in [9.17, 15) is 0 Å². The third-order valence-electron chi connectivity index (χ3n) is 13.1. The molecule has 56 heavy (non-hydrogen) atoms. The summed E-state index contributed by atoms with van der Waals surface area (Å²) in [5, 5.41) is 0. The van der Waals surface area contributed by atoms with Gasteiger partial charge in [-0.2, -0.15) is 0 Å². The van der Waals surface area contributed by atoms with Gasteiger partial charge in [0, 0.05) is 5.41 Å². The summed E-state index contributed by atoms with van der Waals surface area (Å²) in [5.41, 5.74) is 2.91. The van der Waals surface area contributed by atoms with Gasteiger partial charge in [0.25, 0.3) is 5.82 Å². The highest BCUT2D eigenvalue weighted by atomic mass is 15.1. The summed E-state index contributed by atoms with van der Waals surface area (Å²) >= 11 is 0. The van der Waals surface area contributed by atoms with Gasteiger partial charge < -0.3 is 0 Å². The zero-order chi connectivity index (χ0) is 39.6. The lowest BCUT2D eigenvalue weighted by Gasteiger charge is -2.37. The predicted molar refractivity (Wildman–Crippen MR) is 247 cm³/mol. The predicted octanol–water partition coefficient (Wildman–Crippen LogP) is 17.1. The number of nitrogens with zero attached hydrogens (tertiary/aromatic N) is 1. The van der Waals surface area contributed by atoms with Crippen molar-refractivity contribution >= 4 is 0 Å². The second-order valence-corrected chi connectivity index (χ2v) is 18.1. The van der Waals surface area contributed by atoms with Crippen LogP contribution in [0, 0.1) is 0 Å². The van der Waals surface area contributed by atoms with Gasteiger partial charge >= 0.3 is 0 Å². The van der Waals surface area contributed by atoms with Crippen molar-refractivity contribution in [3.63, 3.8) is 0 Å². The number of aryl methyl sites for hydroxylation is 1. The van der Waals surface area contributed by atoms with E-state index >= 15 is 0 Å². The third-order valence-corrected chi connectivity index (χ3v) is 13.1. The maximum Gasteiger partial charge on any atom is 0.258 e. The molecular formula is C54H91N2+. The highest BCUT2D eigenvalue weighted by Crippen LogP contribution is 2.43. The molecule has 0 fully saturated rings. The fraction of sp³-hybridized carbons (Fsp3) is 0.722. The maximum atomic E-state index is 3.84. The van der Waals surface area contributed by atoms with Gasteiger partial charge in [0.2, 0.25) is 0 Å². The van der Waals surface area contributed by atoms with E-state index in [2.05, 4.69) is 103 Å². The first-order chi connectivity index (χ1) is 27.7. The Labute approximate surface area is 348 Å². The molecule has 1 aromatic heterocycles. The number of unbranched alkanes of at least 4 members (excludes halogenated alkanes) is 29. The standard InChI is InChI=1S/C54H90N2/c1-4-6-8-10-12-14-16-18-20-21-22-24-26-28-30-32-40-47-56-48-46-55-53(56)52(45-39-31-29-27-25-23-19-17-15-13-11-9-7-5-2)54(3,51-43-37-34-38-44-51)49-50-41-35-33-36-42-50/h33-38,41-44,46,48,52H,4-32,39-40,45,47,49H2,1-3H3/p+1. The molecular weight excluding hydrogens is 677 g/mol. The monoisotopic (exact) mass is 768 g/mol. The van der Waals surface area contributed by atoms with E-state index in [1.807, 2.05) is 0 Å². The van der Waals surface area contributed by atoms with Crippen LogP contribution < -0.4 is 4.57 Å². The molecule has 2 unspecified atom stereocenters. The van der Waals surface area contributed by atoms with Crippen molar-refractivity contribution in [1.82, 2.24) is 4.98 Å². The van der Waals surface area contributed by atoms with Crippen molar-refractivity contribution < 1.29 is 4.57 Å². The second kappa shape index (κ2) is 32.6. The molecule has 1 heterocycles. The highest BCUT2D eigenvalue weighted by molar-refractivity contribution is 5.32. The van der Waals surface area contributed by atoms with Crippen molar-refractivity contribution in [3.05, 3.63) is 90.0 Å². The lowest BCUT2D eigenvalue weighted by molar-refractivity contribution is -0.705. The number of benzene rings is 2. The lowest BCUT2D eigenvalue weighted by Crippen LogP contribution is -2.43. The molecule has 0 aliphatic heterocycles. The summed E-state index contributed by atoms with van der Waals surface area (Å²) < 4.78 is 2.60. The van der Waals surface area contributed by atoms with E-state index in [1.165, 1.54) is 222 Å². The lowest BCUT2D eigenvalue weighted by atomic mass is 9.66. The zero-order valence-corrected chi connectivity index (χ0v) is 37.5. The van der Waals surface area contributed by atoms with Crippen LogP contribution in [-0.4, -0.2) is 4.98 Å². The van der Waals surface area contributed by atoms with Crippen LogP contribution in [-0.2, 0) is 18.4 Å². The number of nitrogens with one attached hydrogen (secondary N) is 1. The Bertz CT molecular complexity index is 1260. The molecule has 0 radical (unpaired) electrons. The molecule has 0 aliphatic carbocycles. The molecule has 0 aliphatic rings. The van der Waals surface area contributed by atoms with E-state index in [-0.39, 0.29) is 5.41 Å². The Morgan fingerprint density at radius 2 is 0.839 bits per heavy atom. The van der Waals surface area contributed by atoms with Crippen LogP contribution in [0.3, 0.4) is 0 Å². The van der Waals surface area contributed by atoms with Crippen molar-refractivity contribution in [2.75, 3.05) is 0 Å². The molecule has 0 bridgehead atoms. The first-order valence-corrected chi connectivity index (χ1v) is 24.8. The molecule has 0 saturated heterocycles. The molecule has 2 aromatic carbocycles. The fourth-order valence-corrected chi connectivity index (χ4v) is 9.44. The number of aromatic amines is 1. The zero-order valence-electron chi connectivity index (χ0n) is 37.5. The van der Waals surface area contributed by atoms with Crippen LogP contribution >= 0.6 is 0 Å². The molecule has 316 valence electrons. The average molecular weight is 768 g/mol. The number of aromatic nitrogens is 2. The summed E-state index contributed by atoms with van der Waals surface area (Å²) in [4.78, 5) is 3.84. The second-order valence-electron chi connectivity index (χ2n) is 18.1. The van der Waals surface area contributed by atoms with E-state index in [0.29, 0.717) is 5.92 Å². The van der Waals surface area contributed by atoms with Gasteiger partial charge in [-0.3, -0.25) is 0 Å². The number of hydrogen-bond donors (Lipinski definition) is 1. The summed E-state index contributed by atoms with van der Waals surface area (Å²) in [6.07, 6.45) is 50.8. The number of imidazole rings is 1. The summed E-state index contributed by atoms with van der Waals surface area (Å²) in [7, 11) is 0. The van der Waals surface area contributed by atoms with Crippen LogP contribution in [0.4, 0.5) is 0 Å². The van der Waals surface area contributed by atoms with Crippen LogP contribution in [0.1, 0.15) is 249 Å². The van der Waals surface area contributed by atoms with Gasteiger partial charge in [0.1, 0.15) is 12.4 Å².